The Kier molecular flexibility index (Phi) is 5.77. The van der Waals surface area contributed by atoms with E-state index >= 15 is 0 Å². The fourth-order valence-electron chi connectivity index (χ4n) is 1.09. The van der Waals surface area contributed by atoms with Crippen molar-refractivity contribution in [3.8, 4) is 0 Å². The van der Waals surface area contributed by atoms with Gasteiger partial charge >= 0.3 is 0 Å². The molecule has 84 valence electrons. The average molecular weight is 211 g/mol. The van der Waals surface area contributed by atoms with Crippen molar-refractivity contribution in [2.45, 2.75) is 6.61 Å². The summed E-state index contributed by atoms with van der Waals surface area (Å²) in [5, 5.41) is 8.45. The van der Waals surface area contributed by atoms with Gasteiger partial charge in [-0.15, -0.1) is 0 Å². The van der Waals surface area contributed by atoms with Crippen molar-refractivity contribution in [2.24, 2.45) is 0 Å². The molecule has 15 heavy (non-hydrogen) atoms. The van der Waals surface area contributed by atoms with Crippen LogP contribution in [0, 0.1) is 0 Å². The van der Waals surface area contributed by atoms with E-state index in [1.165, 1.54) is 0 Å². The maximum atomic E-state index is 8.45. The topological polar surface area (TPSA) is 64.7 Å². The monoisotopic (exact) mass is 211 g/mol. The Morgan fingerprint density at radius 2 is 1.67 bits per heavy atom. The van der Waals surface area contributed by atoms with Gasteiger partial charge in [0.1, 0.15) is 0 Å². The highest BCUT2D eigenvalue weighted by atomic mass is 16.5. The lowest BCUT2D eigenvalue weighted by Crippen LogP contribution is -2.07. The summed E-state index contributed by atoms with van der Waals surface area (Å²) in [5.41, 5.74) is 7.40. The van der Waals surface area contributed by atoms with Gasteiger partial charge in [0.2, 0.25) is 0 Å². The molecule has 0 aliphatic carbocycles. The van der Waals surface area contributed by atoms with Gasteiger partial charge < -0.3 is 20.3 Å². The van der Waals surface area contributed by atoms with Gasteiger partial charge in [-0.2, -0.15) is 0 Å². The van der Waals surface area contributed by atoms with Crippen LogP contribution in [0.15, 0.2) is 24.3 Å². The summed E-state index contributed by atoms with van der Waals surface area (Å²) in [6, 6.07) is 7.57. The first-order valence-corrected chi connectivity index (χ1v) is 4.93. The second-order valence-corrected chi connectivity index (χ2v) is 3.13. The van der Waals surface area contributed by atoms with Crippen LogP contribution in [-0.4, -0.2) is 31.5 Å². The number of aliphatic hydroxyl groups excluding tert-OH is 1. The van der Waals surface area contributed by atoms with E-state index in [1.54, 1.807) is 0 Å². The Bertz CT molecular complexity index is 261. The number of anilines is 1. The molecule has 0 radical (unpaired) electrons. The standard InChI is InChI=1S/C11H17NO3/c12-11-3-1-10(2-4-11)9-15-8-7-14-6-5-13/h1-4,13H,5-9,12H2. The van der Waals surface area contributed by atoms with Crippen LogP contribution < -0.4 is 5.73 Å². The number of rotatable bonds is 7. The molecule has 0 saturated heterocycles. The highest BCUT2D eigenvalue weighted by Gasteiger charge is 1.93. The van der Waals surface area contributed by atoms with Crippen LogP contribution in [-0.2, 0) is 16.1 Å². The molecule has 1 rings (SSSR count). The van der Waals surface area contributed by atoms with Crippen molar-refractivity contribution in [1.29, 1.82) is 0 Å². The van der Waals surface area contributed by atoms with E-state index in [4.69, 9.17) is 20.3 Å². The van der Waals surface area contributed by atoms with E-state index in [1.807, 2.05) is 24.3 Å². The third-order valence-corrected chi connectivity index (χ3v) is 1.86. The predicted molar refractivity (Wildman–Crippen MR) is 58.4 cm³/mol. The zero-order chi connectivity index (χ0) is 10.9. The van der Waals surface area contributed by atoms with Gasteiger partial charge in [0, 0.05) is 5.69 Å². The molecule has 0 spiro atoms. The smallest absolute Gasteiger partial charge is 0.0718 e. The maximum Gasteiger partial charge on any atom is 0.0718 e. The number of nitrogens with two attached hydrogens (primary N) is 1. The zero-order valence-electron chi connectivity index (χ0n) is 8.69. The van der Waals surface area contributed by atoms with Gasteiger partial charge in [-0.3, -0.25) is 0 Å². The minimum Gasteiger partial charge on any atom is -0.399 e. The molecule has 0 bridgehead atoms. The highest BCUT2D eigenvalue weighted by Crippen LogP contribution is 2.06. The van der Waals surface area contributed by atoms with Gasteiger partial charge in [0.25, 0.3) is 0 Å². The second kappa shape index (κ2) is 7.23. The van der Waals surface area contributed by atoms with Crippen LogP contribution in [0.2, 0.25) is 0 Å². The van der Waals surface area contributed by atoms with Gasteiger partial charge in [-0.25, -0.2) is 0 Å². The predicted octanol–water partition coefficient (Wildman–Crippen LogP) is 0.794. The van der Waals surface area contributed by atoms with Crippen LogP contribution >= 0.6 is 0 Å². The summed E-state index contributed by atoms with van der Waals surface area (Å²) in [7, 11) is 0. The van der Waals surface area contributed by atoms with E-state index in [0.717, 1.165) is 11.3 Å². The van der Waals surface area contributed by atoms with Crippen molar-refractivity contribution in [2.75, 3.05) is 32.2 Å². The average Bonchev–Trinajstić information content (AvgIpc) is 2.26. The summed E-state index contributed by atoms with van der Waals surface area (Å²) in [5.74, 6) is 0. The third kappa shape index (κ3) is 5.37. The fraction of sp³-hybridized carbons (Fsp3) is 0.455. The molecule has 0 heterocycles. The molecule has 0 atom stereocenters. The number of ether oxygens (including phenoxy) is 2. The molecule has 4 heteroatoms. The lowest BCUT2D eigenvalue weighted by molar-refractivity contribution is 0.0274. The SMILES string of the molecule is Nc1ccc(COCCOCCO)cc1. The number of aliphatic hydroxyl groups is 1. The lowest BCUT2D eigenvalue weighted by Gasteiger charge is -2.05. The van der Waals surface area contributed by atoms with Crippen molar-refractivity contribution in [3.63, 3.8) is 0 Å². The largest absolute Gasteiger partial charge is 0.399 e. The Morgan fingerprint density at radius 3 is 2.33 bits per heavy atom. The summed E-state index contributed by atoms with van der Waals surface area (Å²) >= 11 is 0. The normalized spacial score (nSPS) is 10.5. The molecule has 0 unspecified atom stereocenters. The Balaban J connectivity index is 2.07. The van der Waals surface area contributed by atoms with Crippen LogP contribution in [0.3, 0.4) is 0 Å². The maximum absolute atomic E-state index is 8.45. The number of benzene rings is 1. The van der Waals surface area contributed by atoms with Crippen molar-refractivity contribution < 1.29 is 14.6 Å². The van der Waals surface area contributed by atoms with Crippen LogP contribution in [0.25, 0.3) is 0 Å². The summed E-state index contributed by atoms with van der Waals surface area (Å²) in [4.78, 5) is 0. The molecule has 0 aromatic heterocycles. The molecule has 0 fully saturated rings. The quantitative estimate of drug-likeness (QED) is 0.517. The van der Waals surface area contributed by atoms with Gasteiger partial charge in [-0.1, -0.05) is 12.1 Å². The third-order valence-electron chi connectivity index (χ3n) is 1.86. The molecule has 3 N–H and O–H groups in total. The van der Waals surface area contributed by atoms with Crippen LogP contribution in [0.1, 0.15) is 5.56 Å². The number of hydrogen-bond acceptors (Lipinski definition) is 4. The van der Waals surface area contributed by atoms with Crippen LogP contribution in [0.5, 0.6) is 0 Å². The summed E-state index contributed by atoms with van der Waals surface area (Å²) < 4.78 is 10.4. The zero-order valence-corrected chi connectivity index (χ0v) is 8.69. The second-order valence-electron chi connectivity index (χ2n) is 3.13. The number of hydrogen-bond donors (Lipinski definition) is 2. The first kappa shape index (κ1) is 12.0. The minimum atomic E-state index is 0.0535. The van der Waals surface area contributed by atoms with Crippen molar-refractivity contribution in [3.05, 3.63) is 29.8 Å². The van der Waals surface area contributed by atoms with Gasteiger partial charge in [0.05, 0.1) is 33.0 Å². The Morgan fingerprint density at radius 1 is 1.00 bits per heavy atom. The van der Waals surface area contributed by atoms with E-state index in [9.17, 15) is 0 Å². The van der Waals surface area contributed by atoms with E-state index in [-0.39, 0.29) is 6.61 Å². The molecule has 0 amide bonds. The fourth-order valence-corrected chi connectivity index (χ4v) is 1.09. The van der Waals surface area contributed by atoms with E-state index in [2.05, 4.69) is 0 Å². The minimum absolute atomic E-state index is 0.0535. The molecule has 1 aromatic rings. The lowest BCUT2D eigenvalue weighted by atomic mass is 10.2. The van der Waals surface area contributed by atoms with E-state index in [0.29, 0.717) is 26.4 Å². The molecular weight excluding hydrogens is 194 g/mol. The summed E-state index contributed by atoms with van der Waals surface area (Å²) in [6.07, 6.45) is 0. The number of nitrogen functional groups attached to an aromatic ring is 1. The van der Waals surface area contributed by atoms with Crippen LogP contribution in [0.4, 0.5) is 5.69 Å². The van der Waals surface area contributed by atoms with Crippen molar-refractivity contribution in [1.82, 2.24) is 0 Å². The molecule has 4 nitrogen and oxygen atoms in total. The summed E-state index contributed by atoms with van der Waals surface area (Å²) in [6.45, 7) is 2.02. The molecule has 0 aliphatic rings. The first-order valence-electron chi connectivity index (χ1n) is 4.93. The molecule has 0 aliphatic heterocycles. The Hall–Kier alpha value is -1.10. The Labute approximate surface area is 89.6 Å². The first-order chi connectivity index (χ1) is 7.33. The molecule has 0 saturated carbocycles. The molecule has 1 aromatic carbocycles. The van der Waals surface area contributed by atoms with Gasteiger partial charge in [-0.05, 0) is 17.7 Å². The van der Waals surface area contributed by atoms with Crippen molar-refractivity contribution >= 4 is 5.69 Å². The van der Waals surface area contributed by atoms with Gasteiger partial charge in [0.15, 0.2) is 0 Å². The highest BCUT2D eigenvalue weighted by molar-refractivity contribution is 5.39. The van der Waals surface area contributed by atoms with E-state index < -0.39 is 0 Å². The molecular formula is C11H17NO3.